The number of carbonyl (C=O) groups is 6. The van der Waals surface area contributed by atoms with Crippen molar-refractivity contribution in [2.45, 2.75) is 211 Å². The molecule has 24 heteroatoms. The van der Waals surface area contributed by atoms with Crippen molar-refractivity contribution in [1.29, 1.82) is 0 Å². The predicted molar refractivity (Wildman–Crippen MR) is 597 cm³/mol. The topological polar surface area (TPSA) is 196 Å². The number of Topliss-reactive ketones (excluding diaryl/α,β-unsaturated/α-hetero) is 5. The monoisotopic (exact) mass is 2080 g/mol. The number of phenolic OH excluding ortho intramolecular Hbond substituents is 1. The largest absolute Gasteiger partial charge is 1.00 e. The first-order valence-electron chi connectivity index (χ1n) is 52.3. The quantitative estimate of drug-likeness (QED) is 0.0251. The first kappa shape index (κ1) is 119. The van der Waals surface area contributed by atoms with Gasteiger partial charge >= 0.3 is 5.97 Å². The van der Waals surface area contributed by atoms with Gasteiger partial charge in [-0.2, -0.15) is 0 Å². The fourth-order valence-corrected chi connectivity index (χ4v) is 30.4. The molecule has 11 aliphatic heterocycles. The van der Waals surface area contributed by atoms with E-state index in [1.165, 1.54) is 296 Å². The predicted octanol–water partition coefficient (Wildman–Crippen LogP) is 16.2. The lowest BCUT2D eigenvalue weighted by molar-refractivity contribution is -0.897. The summed E-state index contributed by atoms with van der Waals surface area (Å²) in [6.07, 6.45) is 33.2. The van der Waals surface area contributed by atoms with Crippen LogP contribution < -0.4 is 37.1 Å². The highest BCUT2D eigenvalue weighted by Crippen LogP contribution is 2.28. The minimum Gasteiger partial charge on any atom is -1.00 e. The number of anilines is 1. The minimum absolute atomic E-state index is 0. The zero-order valence-corrected chi connectivity index (χ0v) is 93.0. The summed E-state index contributed by atoms with van der Waals surface area (Å²) in [7, 11) is 18.8. The molecule has 18 nitrogen and oxygen atoms in total. The molecule has 0 amide bonds. The lowest BCUT2D eigenvalue weighted by Gasteiger charge is -2.39. The van der Waals surface area contributed by atoms with Crippen LogP contribution >= 0.6 is 0 Å². The average molecular weight is 2080 g/mol. The molecule has 18 rings (SSSR count). The van der Waals surface area contributed by atoms with Gasteiger partial charge in [-0.05, 0) is 356 Å². The molecule has 0 bridgehead atoms. The third kappa shape index (κ3) is 46.9. The fourth-order valence-electron chi connectivity index (χ4n) is 19.1. The number of quaternary nitrogens is 1. The second kappa shape index (κ2) is 66.6. The van der Waals surface area contributed by atoms with E-state index in [1.807, 2.05) is 178 Å². The molecule has 0 aliphatic carbocycles. The third-order valence-corrected chi connectivity index (χ3v) is 39.7. The van der Waals surface area contributed by atoms with Crippen LogP contribution in [0.2, 0.25) is 0 Å². The van der Waals surface area contributed by atoms with Gasteiger partial charge in [0.15, 0.2) is 28.8 Å². The van der Waals surface area contributed by atoms with Crippen LogP contribution in [-0.2, 0) is 70.4 Å². The van der Waals surface area contributed by atoms with Gasteiger partial charge < -0.3 is 75.9 Å². The number of hydrogen-bond acceptors (Lipinski definition) is 17. The molecule has 11 fully saturated rings. The Morgan fingerprint density at radius 3 is 0.900 bits per heavy atom. The number of esters is 1. The van der Waals surface area contributed by atoms with E-state index in [2.05, 4.69) is 83.8 Å². The van der Waals surface area contributed by atoms with Gasteiger partial charge in [-0.25, -0.2) is 0 Å². The van der Waals surface area contributed by atoms with Crippen molar-refractivity contribution in [3.05, 3.63) is 228 Å². The van der Waals surface area contributed by atoms with Crippen LogP contribution in [0, 0.1) is 0 Å². The zero-order valence-electron chi connectivity index (χ0n) is 87.3. The summed E-state index contributed by atoms with van der Waals surface area (Å²) in [5.41, 5.74) is 11.9. The Balaban J connectivity index is 0.000000191. The Labute approximate surface area is 870 Å². The summed E-state index contributed by atoms with van der Waals surface area (Å²) in [6.45, 7) is 21.1. The Hall–Kier alpha value is -6.49. The molecular formula is C116H176BrN8O10S5+5. The molecule has 0 aromatic heterocycles. The number of methoxy groups -OCH3 is 2. The van der Waals surface area contributed by atoms with E-state index in [4.69, 9.17) is 25.1 Å². The lowest BCUT2D eigenvalue weighted by atomic mass is 10.0. The van der Waals surface area contributed by atoms with Crippen molar-refractivity contribution >= 4 is 95.0 Å². The van der Waals surface area contributed by atoms with Crippen LogP contribution in [0.1, 0.15) is 232 Å². The smallest absolute Gasteiger partial charge is 0.323 e. The van der Waals surface area contributed by atoms with Crippen LogP contribution in [0.4, 0.5) is 5.69 Å². The molecule has 7 aromatic carbocycles. The van der Waals surface area contributed by atoms with Gasteiger partial charge in [0.25, 0.3) is 0 Å². The molecule has 7 aromatic rings. The summed E-state index contributed by atoms with van der Waals surface area (Å²) in [4.78, 5) is 86.0. The molecule has 11 heterocycles. The normalized spacial score (nSPS) is 19.2. The number of hydrogen-bond donors (Lipinski definition) is 2. The second-order valence-electron chi connectivity index (χ2n) is 41.0. The van der Waals surface area contributed by atoms with Gasteiger partial charge in [0.1, 0.15) is 86.4 Å². The van der Waals surface area contributed by atoms with Crippen molar-refractivity contribution in [3.8, 4) is 17.2 Å². The van der Waals surface area contributed by atoms with Gasteiger partial charge in [0, 0.05) is 84.6 Å². The average Bonchev–Trinajstić information content (AvgIpc) is 1.13. The molecule has 3 N–H and O–H groups in total. The number of nitrogens with two attached hydrogens (primary N) is 1. The summed E-state index contributed by atoms with van der Waals surface area (Å²) in [6, 6.07) is 63.1. The fraction of sp³-hybridized carbons (Fsp3) is 0.586. The van der Waals surface area contributed by atoms with Crippen LogP contribution in [0.15, 0.2) is 194 Å². The molecule has 0 radical (unpaired) electrons. The van der Waals surface area contributed by atoms with E-state index in [0.29, 0.717) is 89.8 Å². The highest BCUT2D eigenvalue weighted by atomic mass is 79.9. The maximum Gasteiger partial charge on any atom is 0.323 e. The van der Waals surface area contributed by atoms with Crippen LogP contribution in [-0.4, -0.2) is 320 Å². The van der Waals surface area contributed by atoms with Gasteiger partial charge in [-0.3, -0.25) is 28.8 Å². The molecular weight excluding hydrogens is 1910 g/mol. The summed E-state index contributed by atoms with van der Waals surface area (Å²) < 4.78 is 16.6. The van der Waals surface area contributed by atoms with Crippen molar-refractivity contribution in [1.82, 2.24) is 24.5 Å². The van der Waals surface area contributed by atoms with E-state index >= 15 is 0 Å². The van der Waals surface area contributed by atoms with E-state index in [0.717, 1.165) is 90.5 Å². The van der Waals surface area contributed by atoms with Crippen molar-refractivity contribution in [2.75, 3.05) is 226 Å². The number of likely N-dealkylation sites (tertiary alicyclic amines) is 5. The first-order chi connectivity index (χ1) is 67.1. The number of ether oxygens (including phenoxy) is 3. The number of nitrogens with zero attached hydrogens (tertiary/aromatic N) is 7. The van der Waals surface area contributed by atoms with Crippen molar-refractivity contribution in [3.63, 3.8) is 0 Å². The standard InChI is InChI=1S/C14H21NO3.C12H17NO.C12H14O2S.4C12H15OS.C11H22N2.C10H20N2.C9H21N2.BrH/c1-14(2,3)18-13(16)12(15)9-10-5-7-11(17-4)8-6-10;1-14-12-7-5-11(6-8-12)13-9-3-2-4-10-13;13-11-5-3-10(4-6-11)12(14)9-15-7-1-2-8-15;4*13-12(10-14-8-4-5-9-14)11-6-2-1-3-7-11;1-12-9-5-11(6-10-12)13-7-3-2-4-8-13;1-11-8-4-10(5-9-11)12-6-2-3-7-12;1-10-7-5-9(6-8-10)11(2,3)4;/h5-8,12H,9,15H2,1-4H3;5-8H,2-4,9-10H2,1H3;3-6H,1-2,7-9H2;4*1-3,6-7H,4-5,8-10H2;11H,2-10H2,1H3;10H,2-9H2,1H3;9H,5-8H2,1-4H3;1H/q;;;4*+1;;;+1;. The highest BCUT2D eigenvalue weighted by molar-refractivity contribution is 7.98. The minimum atomic E-state index is -0.641. The maximum absolute atomic E-state index is 11.8. The number of benzene rings is 7. The Bertz CT molecular complexity index is 4250. The number of rotatable bonds is 24. The number of ketones is 5. The Kier molecular flexibility index (Phi) is 56.5. The Morgan fingerprint density at radius 2 is 0.621 bits per heavy atom. The van der Waals surface area contributed by atoms with Crippen LogP contribution in [0.3, 0.4) is 0 Å². The molecule has 11 saturated heterocycles. The van der Waals surface area contributed by atoms with E-state index in [9.17, 15) is 28.8 Å². The third-order valence-electron chi connectivity index (χ3n) is 27.7. The Morgan fingerprint density at radius 1 is 0.357 bits per heavy atom. The first-order valence-corrected chi connectivity index (χ1v) is 61.0. The molecule has 772 valence electrons. The number of piperidine rings is 5. The number of halogens is 1. The summed E-state index contributed by atoms with van der Waals surface area (Å²) in [5, 5.41) is 9.11. The van der Waals surface area contributed by atoms with Crippen molar-refractivity contribution in [2.24, 2.45) is 5.73 Å². The highest BCUT2D eigenvalue weighted by Gasteiger charge is 2.35. The molecule has 11 aliphatic rings. The molecule has 1 unspecified atom stereocenters. The van der Waals surface area contributed by atoms with E-state index in [1.54, 1.807) is 38.5 Å². The number of phenols is 1. The summed E-state index contributed by atoms with van der Waals surface area (Å²) >= 11 is 0. The zero-order chi connectivity index (χ0) is 99.4. The number of carbonyl (C=O) groups excluding carboxylic acids is 6. The molecule has 0 spiro atoms. The maximum atomic E-state index is 11.8. The molecule has 140 heavy (non-hydrogen) atoms. The van der Waals surface area contributed by atoms with Crippen molar-refractivity contribution < 1.29 is 69.5 Å². The van der Waals surface area contributed by atoms with Gasteiger partial charge in [-0.15, -0.1) is 0 Å². The number of aromatic hydroxyl groups is 1. The SMILES string of the molecule is CN1CCC(N2CCCC2)CC1.CN1CCC(N2CCCCC2)CC1.CN1CCC([N+](C)(C)C)CC1.COc1ccc(CC(N)C(=O)OC(C)(C)C)cc1.COc1ccc(N2CCCCC2)cc1.O=C(C[S+]1CCCC1)c1ccc(O)cc1.O=C(C[S+]1CCCC1)c1ccccc1.O=C(C[S+]1CCCC1)c1ccccc1.O=C(C[S+]1CCCC1)c1ccccc1.O=C(C[S+]1CCCC1)c1ccccc1.[Br-]. The summed E-state index contributed by atoms with van der Waals surface area (Å²) in [5.74, 6) is 19.6. The van der Waals surface area contributed by atoms with Crippen LogP contribution in [0.25, 0.3) is 0 Å². The lowest BCUT2D eigenvalue weighted by Crippen LogP contribution is -3.00. The molecule has 0 saturated carbocycles. The van der Waals surface area contributed by atoms with Gasteiger partial charge in [0.2, 0.25) is 28.9 Å². The van der Waals surface area contributed by atoms with Gasteiger partial charge in [0.05, 0.1) is 41.4 Å². The van der Waals surface area contributed by atoms with E-state index < -0.39 is 11.6 Å². The van der Waals surface area contributed by atoms with E-state index in [-0.39, 0.29) is 34.5 Å². The van der Waals surface area contributed by atoms with Crippen LogP contribution in [0.5, 0.6) is 17.2 Å². The molecule has 1 atom stereocenters. The van der Waals surface area contributed by atoms with Gasteiger partial charge in [-0.1, -0.05) is 140 Å². The second-order valence-corrected chi connectivity index (χ2v) is 52.6.